The molecule has 0 aromatic rings. The highest BCUT2D eigenvalue weighted by atomic mass is 16.2. The van der Waals surface area contributed by atoms with Gasteiger partial charge in [0.05, 0.1) is 0 Å². The Labute approximate surface area is 98.6 Å². The second-order valence-electron chi connectivity index (χ2n) is 5.56. The maximum Gasteiger partial charge on any atom is 0.224 e. The molecule has 3 nitrogen and oxygen atoms in total. The molecule has 2 rings (SSSR count). The van der Waals surface area contributed by atoms with Gasteiger partial charge in [0.25, 0.3) is 0 Å². The van der Waals surface area contributed by atoms with Crippen LogP contribution in [0.3, 0.4) is 0 Å². The SMILES string of the molecule is CC1CCC(C)N(C(=O)CCNC2CC2)C1. The van der Waals surface area contributed by atoms with Crippen molar-refractivity contribution in [2.75, 3.05) is 13.1 Å². The quantitative estimate of drug-likeness (QED) is 0.789. The van der Waals surface area contributed by atoms with Crippen molar-refractivity contribution < 1.29 is 4.79 Å². The summed E-state index contributed by atoms with van der Waals surface area (Å²) in [4.78, 5) is 14.1. The largest absolute Gasteiger partial charge is 0.340 e. The third-order valence-electron chi connectivity index (χ3n) is 3.79. The summed E-state index contributed by atoms with van der Waals surface area (Å²) in [7, 11) is 0. The molecule has 16 heavy (non-hydrogen) atoms. The molecule has 2 aliphatic rings. The molecule has 1 saturated heterocycles. The normalized spacial score (nSPS) is 30.5. The standard InChI is InChI=1S/C13H24N2O/c1-10-3-4-11(2)15(9-10)13(16)7-8-14-12-5-6-12/h10-12,14H,3-9H2,1-2H3. The molecule has 1 heterocycles. The van der Waals surface area contributed by atoms with E-state index in [2.05, 4.69) is 24.1 Å². The van der Waals surface area contributed by atoms with E-state index >= 15 is 0 Å². The monoisotopic (exact) mass is 224 g/mol. The van der Waals surface area contributed by atoms with Gasteiger partial charge in [-0.05, 0) is 38.5 Å². The predicted molar refractivity (Wildman–Crippen MR) is 65.2 cm³/mol. The van der Waals surface area contributed by atoms with E-state index in [-0.39, 0.29) is 0 Å². The van der Waals surface area contributed by atoms with Crippen LogP contribution in [0, 0.1) is 5.92 Å². The molecule has 0 spiro atoms. The Morgan fingerprint density at radius 2 is 2.00 bits per heavy atom. The Balaban J connectivity index is 1.72. The molecule has 92 valence electrons. The molecule has 2 unspecified atom stereocenters. The van der Waals surface area contributed by atoms with Crippen LogP contribution in [0.15, 0.2) is 0 Å². The Morgan fingerprint density at radius 3 is 2.69 bits per heavy atom. The van der Waals surface area contributed by atoms with Gasteiger partial charge in [0, 0.05) is 31.6 Å². The maximum atomic E-state index is 12.0. The lowest BCUT2D eigenvalue weighted by atomic mass is 9.95. The highest BCUT2D eigenvalue weighted by Gasteiger charge is 2.27. The van der Waals surface area contributed by atoms with Crippen LogP contribution in [0.2, 0.25) is 0 Å². The molecule has 1 saturated carbocycles. The molecule has 1 N–H and O–H groups in total. The third-order valence-corrected chi connectivity index (χ3v) is 3.79. The Kier molecular flexibility index (Phi) is 3.85. The number of nitrogens with zero attached hydrogens (tertiary/aromatic N) is 1. The smallest absolute Gasteiger partial charge is 0.224 e. The lowest BCUT2D eigenvalue weighted by Gasteiger charge is -2.37. The van der Waals surface area contributed by atoms with E-state index in [1.165, 1.54) is 25.7 Å². The summed E-state index contributed by atoms with van der Waals surface area (Å²) in [6.07, 6.45) is 5.71. The average Bonchev–Trinajstić information content (AvgIpc) is 3.05. The van der Waals surface area contributed by atoms with Crippen molar-refractivity contribution in [3.05, 3.63) is 0 Å². The zero-order valence-electron chi connectivity index (χ0n) is 10.5. The van der Waals surface area contributed by atoms with E-state index in [1.807, 2.05) is 0 Å². The van der Waals surface area contributed by atoms with Gasteiger partial charge in [-0.15, -0.1) is 0 Å². The molecule has 0 aromatic heterocycles. The lowest BCUT2D eigenvalue weighted by molar-refractivity contribution is -0.135. The summed E-state index contributed by atoms with van der Waals surface area (Å²) in [5, 5.41) is 3.41. The second kappa shape index (κ2) is 5.17. The van der Waals surface area contributed by atoms with E-state index < -0.39 is 0 Å². The number of amides is 1. The van der Waals surface area contributed by atoms with Crippen molar-refractivity contribution >= 4 is 5.91 Å². The third kappa shape index (κ3) is 3.21. The first-order valence-electron chi connectivity index (χ1n) is 6.69. The number of hydrogen-bond donors (Lipinski definition) is 1. The summed E-state index contributed by atoms with van der Waals surface area (Å²) < 4.78 is 0. The van der Waals surface area contributed by atoms with Crippen LogP contribution in [0.5, 0.6) is 0 Å². The molecule has 0 radical (unpaired) electrons. The van der Waals surface area contributed by atoms with Gasteiger partial charge in [0.1, 0.15) is 0 Å². The number of likely N-dealkylation sites (tertiary alicyclic amines) is 1. The van der Waals surface area contributed by atoms with Gasteiger partial charge in [0.2, 0.25) is 5.91 Å². The van der Waals surface area contributed by atoms with Gasteiger partial charge in [-0.25, -0.2) is 0 Å². The number of piperidine rings is 1. The molecule has 0 aromatic carbocycles. The summed E-state index contributed by atoms with van der Waals surface area (Å²) >= 11 is 0. The maximum absolute atomic E-state index is 12.0. The minimum absolute atomic E-state index is 0.340. The molecular weight excluding hydrogens is 200 g/mol. The topological polar surface area (TPSA) is 32.3 Å². The van der Waals surface area contributed by atoms with Crippen molar-refractivity contribution in [2.24, 2.45) is 5.92 Å². The van der Waals surface area contributed by atoms with Crippen LogP contribution in [-0.2, 0) is 4.79 Å². The van der Waals surface area contributed by atoms with Crippen LogP contribution in [-0.4, -0.2) is 36.0 Å². The fourth-order valence-corrected chi connectivity index (χ4v) is 2.45. The number of nitrogens with one attached hydrogen (secondary N) is 1. The number of carbonyl (C=O) groups excluding carboxylic acids is 1. The van der Waals surface area contributed by atoms with Crippen molar-refractivity contribution in [1.29, 1.82) is 0 Å². The summed E-state index contributed by atoms with van der Waals surface area (Å²) in [6, 6.07) is 1.16. The van der Waals surface area contributed by atoms with Crippen LogP contribution >= 0.6 is 0 Å². The Bertz CT molecular complexity index is 250. The average molecular weight is 224 g/mol. The highest BCUT2D eigenvalue weighted by Crippen LogP contribution is 2.22. The first kappa shape index (κ1) is 11.9. The second-order valence-corrected chi connectivity index (χ2v) is 5.56. The predicted octanol–water partition coefficient (Wildman–Crippen LogP) is 1.78. The van der Waals surface area contributed by atoms with Crippen LogP contribution in [0.4, 0.5) is 0 Å². The molecule has 3 heteroatoms. The van der Waals surface area contributed by atoms with Gasteiger partial charge in [-0.2, -0.15) is 0 Å². The van der Waals surface area contributed by atoms with Gasteiger partial charge in [-0.1, -0.05) is 6.92 Å². The summed E-state index contributed by atoms with van der Waals surface area (Å²) in [6.45, 7) is 6.25. The minimum Gasteiger partial charge on any atom is -0.340 e. The molecule has 1 amide bonds. The van der Waals surface area contributed by atoms with E-state index in [0.29, 0.717) is 30.3 Å². The van der Waals surface area contributed by atoms with E-state index in [0.717, 1.165) is 13.1 Å². The van der Waals surface area contributed by atoms with Crippen molar-refractivity contribution in [3.63, 3.8) is 0 Å². The van der Waals surface area contributed by atoms with Crippen molar-refractivity contribution in [2.45, 2.75) is 58.0 Å². The molecule has 1 aliphatic carbocycles. The Morgan fingerprint density at radius 1 is 1.25 bits per heavy atom. The summed E-state index contributed by atoms with van der Waals surface area (Å²) in [5.41, 5.74) is 0. The van der Waals surface area contributed by atoms with Crippen molar-refractivity contribution in [1.82, 2.24) is 10.2 Å². The zero-order valence-corrected chi connectivity index (χ0v) is 10.5. The lowest BCUT2D eigenvalue weighted by Crippen LogP contribution is -2.45. The van der Waals surface area contributed by atoms with Gasteiger partial charge in [-0.3, -0.25) is 4.79 Å². The zero-order chi connectivity index (χ0) is 11.5. The molecular formula is C13H24N2O. The van der Waals surface area contributed by atoms with Gasteiger partial charge in [0.15, 0.2) is 0 Å². The highest BCUT2D eigenvalue weighted by molar-refractivity contribution is 5.76. The summed E-state index contributed by atoms with van der Waals surface area (Å²) in [5.74, 6) is 1.02. The first-order chi connectivity index (χ1) is 7.66. The fraction of sp³-hybridized carbons (Fsp3) is 0.923. The molecule has 1 aliphatic heterocycles. The van der Waals surface area contributed by atoms with Crippen LogP contribution in [0.25, 0.3) is 0 Å². The van der Waals surface area contributed by atoms with Crippen molar-refractivity contribution in [3.8, 4) is 0 Å². The van der Waals surface area contributed by atoms with Crippen LogP contribution < -0.4 is 5.32 Å². The van der Waals surface area contributed by atoms with E-state index in [1.54, 1.807) is 0 Å². The van der Waals surface area contributed by atoms with E-state index in [4.69, 9.17) is 0 Å². The number of rotatable bonds is 4. The molecule has 2 atom stereocenters. The van der Waals surface area contributed by atoms with Gasteiger partial charge >= 0.3 is 0 Å². The molecule has 2 fully saturated rings. The van der Waals surface area contributed by atoms with E-state index in [9.17, 15) is 4.79 Å². The Hall–Kier alpha value is -0.570. The fourth-order valence-electron chi connectivity index (χ4n) is 2.45. The van der Waals surface area contributed by atoms with Gasteiger partial charge < -0.3 is 10.2 Å². The number of carbonyl (C=O) groups is 1. The minimum atomic E-state index is 0.340. The molecule has 0 bridgehead atoms. The number of hydrogen-bond acceptors (Lipinski definition) is 2. The first-order valence-corrected chi connectivity index (χ1v) is 6.69. The van der Waals surface area contributed by atoms with Crippen LogP contribution in [0.1, 0.15) is 46.0 Å².